The van der Waals surface area contributed by atoms with Crippen molar-refractivity contribution in [3.05, 3.63) is 58.0 Å². The smallest absolute Gasteiger partial charge is 0.249 e. The number of anilines is 1. The predicted molar refractivity (Wildman–Crippen MR) is 113 cm³/mol. The molecule has 1 unspecified atom stereocenters. The van der Waals surface area contributed by atoms with Crippen molar-refractivity contribution in [1.29, 1.82) is 5.26 Å². The minimum Gasteiger partial charge on any atom is -0.313 e. The second-order valence-electron chi connectivity index (χ2n) is 7.83. The molecular formula is C23H26N2OS. The van der Waals surface area contributed by atoms with E-state index in [1.54, 1.807) is 17.4 Å². The normalized spacial score (nSPS) is 16.7. The van der Waals surface area contributed by atoms with Gasteiger partial charge in [-0.3, -0.25) is 4.79 Å². The van der Waals surface area contributed by atoms with Crippen LogP contribution in [0.3, 0.4) is 0 Å². The number of carbonyl (C=O) groups is 1. The first-order valence-electron chi connectivity index (χ1n) is 9.53. The number of nitrogens with zero attached hydrogens (tertiary/aromatic N) is 1. The molecule has 1 aromatic carbocycles. The van der Waals surface area contributed by atoms with Crippen molar-refractivity contribution in [1.82, 2.24) is 0 Å². The molecule has 27 heavy (non-hydrogen) atoms. The number of benzene rings is 1. The van der Waals surface area contributed by atoms with Gasteiger partial charge in [0.2, 0.25) is 5.91 Å². The molecule has 0 aliphatic heterocycles. The number of rotatable bonds is 5. The molecule has 4 heteroatoms. The number of nitrogens with one attached hydrogen (secondary N) is 1. The number of hydrogen-bond donors (Lipinski definition) is 1. The number of nitriles is 1. The van der Waals surface area contributed by atoms with Crippen LogP contribution in [0.2, 0.25) is 0 Å². The van der Waals surface area contributed by atoms with Crippen LogP contribution >= 0.6 is 11.3 Å². The number of amides is 1. The lowest BCUT2D eigenvalue weighted by atomic mass is 9.69. The van der Waals surface area contributed by atoms with Gasteiger partial charge in [-0.15, -0.1) is 11.3 Å². The van der Waals surface area contributed by atoms with Crippen molar-refractivity contribution >= 4 is 28.3 Å². The summed E-state index contributed by atoms with van der Waals surface area (Å²) in [6.45, 7) is 6.91. The SMILES string of the molecule is CCC(C)(C)C1CCc2c(sc(NC(=O)C=Cc3ccccc3)c2C#N)C1. The number of hydrogen-bond acceptors (Lipinski definition) is 3. The van der Waals surface area contributed by atoms with Gasteiger partial charge in [-0.25, -0.2) is 0 Å². The summed E-state index contributed by atoms with van der Waals surface area (Å²) in [5.74, 6) is 0.432. The zero-order chi connectivity index (χ0) is 19.4. The first-order valence-corrected chi connectivity index (χ1v) is 10.3. The zero-order valence-electron chi connectivity index (χ0n) is 16.2. The molecule has 1 aromatic heterocycles. The standard InChI is InChI=1S/C23H26N2OS/c1-4-23(2,3)17-11-12-18-19(15-24)22(27-20(18)14-17)25-21(26)13-10-16-8-6-5-7-9-16/h5-10,13,17H,4,11-12,14H2,1-3H3,(H,25,26). The Morgan fingerprint density at radius 1 is 1.37 bits per heavy atom. The Kier molecular flexibility index (Phi) is 5.82. The highest BCUT2D eigenvalue weighted by atomic mass is 32.1. The monoisotopic (exact) mass is 378 g/mol. The Labute approximate surface area is 165 Å². The molecule has 0 fully saturated rings. The summed E-state index contributed by atoms with van der Waals surface area (Å²) in [5, 5.41) is 13.3. The summed E-state index contributed by atoms with van der Waals surface area (Å²) in [5.41, 5.74) is 3.08. The summed E-state index contributed by atoms with van der Waals surface area (Å²) >= 11 is 1.58. The third-order valence-corrected chi connectivity index (χ3v) is 7.03. The molecule has 0 radical (unpaired) electrons. The highest BCUT2D eigenvalue weighted by Gasteiger charge is 2.33. The fraction of sp³-hybridized carbons (Fsp3) is 0.391. The van der Waals surface area contributed by atoms with E-state index >= 15 is 0 Å². The lowest BCUT2D eigenvalue weighted by Gasteiger charge is -2.36. The van der Waals surface area contributed by atoms with E-state index in [9.17, 15) is 10.1 Å². The molecule has 0 bridgehead atoms. The summed E-state index contributed by atoms with van der Waals surface area (Å²) < 4.78 is 0. The minimum absolute atomic E-state index is 0.195. The first kappa shape index (κ1) is 19.4. The summed E-state index contributed by atoms with van der Waals surface area (Å²) in [4.78, 5) is 13.6. The van der Waals surface area contributed by atoms with Gasteiger partial charge >= 0.3 is 0 Å². The Hall–Kier alpha value is -2.38. The van der Waals surface area contributed by atoms with E-state index in [0.29, 0.717) is 21.9 Å². The van der Waals surface area contributed by atoms with Gasteiger partial charge in [0.15, 0.2) is 0 Å². The predicted octanol–water partition coefficient (Wildman–Crippen LogP) is 5.81. The molecule has 2 aromatic rings. The van der Waals surface area contributed by atoms with Crippen molar-refractivity contribution in [3.63, 3.8) is 0 Å². The maximum Gasteiger partial charge on any atom is 0.249 e. The first-order chi connectivity index (χ1) is 12.9. The van der Waals surface area contributed by atoms with Crippen LogP contribution < -0.4 is 5.32 Å². The molecule has 0 spiro atoms. The highest BCUT2D eigenvalue weighted by molar-refractivity contribution is 7.16. The Morgan fingerprint density at radius 3 is 2.78 bits per heavy atom. The van der Waals surface area contributed by atoms with Gasteiger partial charge in [0, 0.05) is 11.0 Å². The number of carbonyl (C=O) groups excluding carboxylic acids is 1. The molecule has 1 aliphatic rings. The van der Waals surface area contributed by atoms with Gasteiger partial charge in [0.25, 0.3) is 0 Å². The fourth-order valence-electron chi connectivity index (χ4n) is 3.64. The van der Waals surface area contributed by atoms with E-state index in [1.165, 1.54) is 11.0 Å². The fourth-order valence-corrected chi connectivity index (χ4v) is 4.92. The second kappa shape index (κ2) is 8.10. The Bertz CT molecular complexity index is 887. The van der Waals surface area contributed by atoms with Gasteiger partial charge in [-0.2, -0.15) is 5.26 Å². The molecule has 1 atom stereocenters. The van der Waals surface area contributed by atoms with E-state index in [2.05, 4.69) is 32.2 Å². The molecule has 140 valence electrons. The van der Waals surface area contributed by atoms with Gasteiger partial charge in [-0.05, 0) is 47.8 Å². The molecule has 1 amide bonds. The maximum atomic E-state index is 12.3. The van der Waals surface area contributed by atoms with E-state index < -0.39 is 0 Å². The Balaban J connectivity index is 1.77. The van der Waals surface area contributed by atoms with Crippen LogP contribution in [0.25, 0.3) is 6.08 Å². The Morgan fingerprint density at radius 2 is 2.11 bits per heavy atom. The lowest BCUT2D eigenvalue weighted by Crippen LogP contribution is -2.28. The van der Waals surface area contributed by atoms with Crippen molar-refractivity contribution in [2.24, 2.45) is 11.3 Å². The van der Waals surface area contributed by atoms with Crippen LogP contribution in [0.4, 0.5) is 5.00 Å². The molecule has 1 heterocycles. The van der Waals surface area contributed by atoms with Gasteiger partial charge < -0.3 is 5.32 Å². The molecule has 1 N–H and O–H groups in total. The maximum absolute atomic E-state index is 12.3. The van der Waals surface area contributed by atoms with Crippen molar-refractivity contribution in [2.45, 2.75) is 46.5 Å². The van der Waals surface area contributed by atoms with Gasteiger partial charge in [0.1, 0.15) is 11.1 Å². The minimum atomic E-state index is -0.195. The van der Waals surface area contributed by atoms with Crippen molar-refractivity contribution in [3.8, 4) is 6.07 Å². The second-order valence-corrected chi connectivity index (χ2v) is 8.94. The van der Waals surface area contributed by atoms with Gasteiger partial charge in [0.05, 0.1) is 5.56 Å². The third kappa shape index (κ3) is 4.31. The van der Waals surface area contributed by atoms with Crippen LogP contribution in [0, 0.1) is 22.7 Å². The molecule has 3 nitrogen and oxygen atoms in total. The van der Waals surface area contributed by atoms with Gasteiger partial charge in [-0.1, -0.05) is 57.5 Å². The molecule has 0 saturated heterocycles. The quantitative estimate of drug-likeness (QED) is 0.667. The van der Waals surface area contributed by atoms with Crippen LogP contribution in [0.15, 0.2) is 36.4 Å². The average Bonchev–Trinajstić information content (AvgIpc) is 3.03. The van der Waals surface area contributed by atoms with E-state index in [0.717, 1.165) is 36.8 Å². The lowest BCUT2D eigenvalue weighted by molar-refractivity contribution is -0.111. The molecule has 3 rings (SSSR count). The van der Waals surface area contributed by atoms with Crippen LogP contribution in [-0.4, -0.2) is 5.91 Å². The third-order valence-electron chi connectivity index (χ3n) is 5.86. The molecule has 1 aliphatic carbocycles. The summed E-state index contributed by atoms with van der Waals surface area (Å²) in [7, 11) is 0. The van der Waals surface area contributed by atoms with E-state index in [1.807, 2.05) is 30.3 Å². The molecule has 0 saturated carbocycles. The summed E-state index contributed by atoms with van der Waals surface area (Å²) in [6.07, 6.45) is 7.51. The summed E-state index contributed by atoms with van der Waals surface area (Å²) in [6, 6.07) is 12.0. The van der Waals surface area contributed by atoms with Crippen LogP contribution in [-0.2, 0) is 17.6 Å². The average molecular weight is 379 g/mol. The highest BCUT2D eigenvalue weighted by Crippen LogP contribution is 2.45. The topological polar surface area (TPSA) is 52.9 Å². The van der Waals surface area contributed by atoms with E-state index in [4.69, 9.17) is 0 Å². The number of fused-ring (bicyclic) bond motifs is 1. The molecular weight excluding hydrogens is 352 g/mol. The largest absolute Gasteiger partial charge is 0.313 e. The number of thiophene rings is 1. The van der Waals surface area contributed by atoms with E-state index in [-0.39, 0.29) is 5.91 Å². The van der Waals surface area contributed by atoms with Crippen LogP contribution in [0.1, 0.15) is 55.2 Å². The van der Waals surface area contributed by atoms with Crippen molar-refractivity contribution in [2.75, 3.05) is 5.32 Å². The van der Waals surface area contributed by atoms with Crippen molar-refractivity contribution < 1.29 is 4.79 Å². The zero-order valence-corrected chi connectivity index (χ0v) is 17.0. The van der Waals surface area contributed by atoms with Crippen LogP contribution in [0.5, 0.6) is 0 Å².